The average Bonchev–Trinajstić information content (AvgIpc) is 2.65. The Morgan fingerprint density at radius 2 is 2.06 bits per heavy atom. The quantitative estimate of drug-likeness (QED) is 0.818. The van der Waals surface area contributed by atoms with Gasteiger partial charge in [0, 0.05) is 20.6 Å². The fraction of sp³-hybridized carbons (Fsp3) is 0.583. The number of nitrogens with zero attached hydrogens (tertiary/aromatic N) is 5. The summed E-state index contributed by atoms with van der Waals surface area (Å²) in [5.41, 5.74) is 1.14. The Morgan fingerprint density at radius 3 is 2.72 bits per heavy atom. The zero-order chi connectivity index (χ0) is 13.1. The van der Waals surface area contributed by atoms with Crippen LogP contribution in [0.15, 0.2) is 6.20 Å². The van der Waals surface area contributed by atoms with Crippen molar-refractivity contribution in [2.45, 2.75) is 32.7 Å². The van der Waals surface area contributed by atoms with Crippen molar-refractivity contribution >= 4 is 17.1 Å². The van der Waals surface area contributed by atoms with E-state index in [4.69, 9.17) is 0 Å². The second kappa shape index (κ2) is 5.20. The fourth-order valence-electron chi connectivity index (χ4n) is 1.82. The van der Waals surface area contributed by atoms with Gasteiger partial charge in [-0.15, -0.1) is 0 Å². The smallest absolute Gasteiger partial charge is 0.297 e. The van der Waals surface area contributed by atoms with Crippen LogP contribution in [0.1, 0.15) is 26.2 Å². The van der Waals surface area contributed by atoms with Gasteiger partial charge in [-0.05, 0) is 6.42 Å². The van der Waals surface area contributed by atoms with Crippen LogP contribution in [-0.2, 0) is 6.54 Å². The summed E-state index contributed by atoms with van der Waals surface area (Å²) in [6.45, 7) is 2.87. The number of fused-ring (bicyclic) bond motifs is 1. The van der Waals surface area contributed by atoms with Gasteiger partial charge < -0.3 is 10.0 Å². The lowest BCUT2D eigenvalue weighted by molar-refractivity contribution is 0.396. The number of anilines is 1. The second-order valence-electron chi connectivity index (χ2n) is 4.54. The van der Waals surface area contributed by atoms with E-state index in [-0.39, 0.29) is 6.01 Å². The van der Waals surface area contributed by atoms with Crippen LogP contribution in [0.25, 0.3) is 11.3 Å². The number of aromatic nitrogens is 4. The van der Waals surface area contributed by atoms with Crippen LogP contribution < -0.4 is 4.90 Å². The molecule has 0 fully saturated rings. The Balaban J connectivity index is 2.37. The first-order valence-corrected chi connectivity index (χ1v) is 6.23. The SMILES string of the molecule is CCCCCn1c(O)nc2ncc(N(C)C)nc21. The van der Waals surface area contributed by atoms with Crippen LogP contribution in [0.5, 0.6) is 6.01 Å². The molecule has 0 aliphatic carbocycles. The maximum absolute atomic E-state index is 9.82. The van der Waals surface area contributed by atoms with Crippen LogP contribution in [0.3, 0.4) is 0 Å². The lowest BCUT2D eigenvalue weighted by Gasteiger charge is -2.10. The predicted octanol–water partition coefficient (Wildman–Crippen LogP) is 1.79. The highest BCUT2D eigenvalue weighted by Crippen LogP contribution is 2.20. The Labute approximate surface area is 106 Å². The van der Waals surface area contributed by atoms with Crippen molar-refractivity contribution in [2.24, 2.45) is 0 Å². The highest BCUT2D eigenvalue weighted by molar-refractivity contribution is 5.69. The average molecular weight is 249 g/mol. The van der Waals surface area contributed by atoms with E-state index in [1.807, 2.05) is 19.0 Å². The molecule has 0 spiro atoms. The summed E-state index contributed by atoms with van der Waals surface area (Å²) in [7, 11) is 3.82. The maximum atomic E-state index is 9.82. The number of aromatic hydroxyl groups is 1. The highest BCUT2D eigenvalue weighted by Gasteiger charge is 2.13. The Hall–Kier alpha value is -1.85. The minimum atomic E-state index is -0.00277. The number of imidazole rings is 1. The molecule has 0 amide bonds. The van der Waals surface area contributed by atoms with Gasteiger partial charge in [-0.1, -0.05) is 19.8 Å². The van der Waals surface area contributed by atoms with Crippen molar-refractivity contribution in [3.05, 3.63) is 6.20 Å². The van der Waals surface area contributed by atoms with E-state index in [2.05, 4.69) is 21.9 Å². The standard InChI is InChI=1S/C12H19N5O/c1-4-5-6-7-17-11-10(15-12(17)18)13-8-9(14-11)16(2)3/h8H,4-7H2,1-3H3,(H,13,15,18). The van der Waals surface area contributed by atoms with E-state index in [0.29, 0.717) is 11.3 Å². The van der Waals surface area contributed by atoms with Gasteiger partial charge in [-0.25, -0.2) is 9.97 Å². The van der Waals surface area contributed by atoms with Crippen LogP contribution >= 0.6 is 0 Å². The van der Waals surface area contributed by atoms with Gasteiger partial charge in [-0.3, -0.25) is 4.57 Å². The largest absolute Gasteiger partial charge is 0.480 e. The summed E-state index contributed by atoms with van der Waals surface area (Å²) in [6.07, 6.45) is 4.93. The first-order chi connectivity index (χ1) is 8.63. The van der Waals surface area contributed by atoms with E-state index < -0.39 is 0 Å². The Morgan fingerprint density at radius 1 is 1.28 bits per heavy atom. The molecular formula is C12H19N5O. The molecule has 0 bridgehead atoms. The van der Waals surface area contributed by atoms with E-state index >= 15 is 0 Å². The summed E-state index contributed by atoms with van der Waals surface area (Å²) in [4.78, 5) is 14.6. The monoisotopic (exact) mass is 249 g/mol. The molecule has 6 nitrogen and oxygen atoms in total. The summed E-state index contributed by atoms with van der Waals surface area (Å²) < 4.78 is 1.73. The molecule has 0 unspecified atom stereocenters. The van der Waals surface area contributed by atoms with Crippen LogP contribution in [0.2, 0.25) is 0 Å². The summed E-state index contributed by atoms with van der Waals surface area (Å²) in [5, 5.41) is 9.82. The van der Waals surface area contributed by atoms with Crippen LogP contribution in [0, 0.1) is 0 Å². The minimum Gasteiger partial charge on any atom is -0.480 e. The molecular weight excluding hydrogens is 230 g/mol. The molecule has 6 heteroatoms. The molecule has 0 saturated carbocycles. The van der Waals surface area contributed by atoms with E-state index in [0.717, 1.165) is 31.6 Å². The van der Waals surface area contributed by atoms with Crippen molar-refractivity contribution in [1.82, 2.24) is 19.5 Å². The lowest BCUT2D eigenvalue weighted by atomic mass is 10.2. The van der Waals surface area contributed by atoms with Gasteiger partial charge in [-0.2, -0.15) is 4.98 Å². The highest BCUT2D eigenvalue weighted by atomic mass is 16.3. The third kappa shape index (κ3) is 2.37. The molecule has 0 aliphatic heterocycles. The lowest BCUT2D eigenvalue weighted by Crippen LogP contribution is -2.11. The molecule has 2 heterocycles. The Kier molecular flexibility index (Phi) is 3.64. The summed E-state index contributed by atoms with van der Waals surface area (Å²) in [6, 6.07) is -0.00277. The molecule has 0 atom stereocenters. The summed E-state index contributed by atoms with van der Waals surface area (Å²) in [5.74, 6) is 0.763. The maximum Gasteiger partial charge on any atom is 0.297 e. The molecule has 0 saturated heterocycles. The first kappa shape index (κ1) is 12.6. The molecule has 2 aromatic rings. The van der Waals surface area contributed by atoms with Gasteiger partial charge in [0.15, 0.2) is 5.65 Å². The van der Waals surface area contributed by atoms with Gasteiger partial charge >= 0.3 is 0 Å². The first-order valence-electron chi connectivity index (χ1n) is 6.23. The molecule has 0 radical (unpaired) electrons. The Bertz CT molecular complexity index is 534. The fourth-order valence-corrected chi connectivity index (χ4v) is 1.82. The van der Waals surface area contributed by atoms with Crippen LogP contribution in [0.4, 0.5) is 5.82 Å². The molecule has 0 aromatic carbocycles. The zero-order valence-electron chi connectivity index (χ0n) is 11.1. The zero-order valence-corrected chi connectivity index (χ0v) is 11.1. The van der Waals surface area contributed by atoms with Crippen molar-refractivity contribution in [1.29, 1.82) is 0 Å². The van der Waals surface area contributed by atoms with E-state index in [1.165, 1.54) is 0 Å². The molecule has 98 valence electrons. The van der Waals surface area contributed by atoms with Crippen molar-refractivity contribution in [3.63, 3.8) is 0 Å². The predicted molar refractivity (Wildman–Crippen MR) is 70.8 cm³/mol. The van der Waals surface area contributed by atoms with Crippen molar-refractivity contribution in [3.8, 4) is 6.01 Å². The van der Waals surface area contributed by atoms with Gasteiger partial charge in [0.05, 0.1) is 6.20 Å². The van der Waals surface area contributed by atoms with Crippen LogP contribution in [-0.4, -0.2) is 38.7 Å². The number of hydrogen-bond acceptors (Lipinski definition) is 5. The van der Waals surface area contributed by atoms with Gasteiger partial charge in [0.1, 0.15) is 5.82 Å². The molecule has 1 N–H and O–H groups in total. The number of rotatable bonds is 5. The number of hydrogen-bond donors (Lipinski definition) is 1. The number of aryl methyl sites for hydroxylation is 1. The molecule has 2 aromatic heterocycles. The molecule has 2 rings (SSSR count). The number of unbranched alkanes of at least 4 members (excludes halogenated alkanes) is 2. The van der Waals surface area contributed by atoms with Crippen molar-refractivity contribution in [2.75, 3.05) is 19.0 Å². The van der Waals surface area contributed by atoms with Gasteiger partial charge in [0.25, 0.3) is 6.01 Å². The van der Waals surface area contributed by atoms with E-state index in [9.17, 15) is 5.11 Å². The minimum absolute atomic E-state index is 0.00277. The van der Waals surface area contributed by atoms with E-state index in [1.54, 1.807) is 10.8 Å². The molecule has 18 heavy (non-hydrogen) atoms. The third-order valence-corrected chi connectivity index (χ3v) is 2.87. The third-order valence-electron chi connectivity index (χ3n) is 2.87. The topological polar surface area (TPSA) is 67.1 Å². The normalized spacial score (nSPS) is 11.1. The molecule has 0 aliphatic rings. The summed E-state index contributed by atoms with van der Waals surface area (Å²) >= 11 is 0. The van der Waals surface area contributed by atoms with Crippen molar-refractivity contribution < 1.29 is 5.11 Å². The van der Waals surface area contributed by atoms with Gasteiger partial charge in [0.2, 0.25) is 5.65 Å². The second-order valence-corrected chi connectivity index (χ2v) is 4.54.